The third kappa shape index (κ3) is 4.41. The van der Waals surface area contributed by atoms with E-state index in [4.69, 9.17) is 0 Å². The molecule has 0 heterocycles. The van der Waals surface area contributed by atoms with Crippen molar-refractivity contribution in [2.45, 2.75) is 77.3 Å². The first kappa shape index (κ1) is 15.7. The van der Waals surface area contributed by atoms with Gasteiger partial charge in [-0.1, -0.05) is 39.5 Å². The van der Waals surface area contributed by atoms with Gasteiger partial charge in [0.05, 0.1) is 0 Å². The lowest BCUT2D eigenvalue weighted by Gasteiger charge is -2.29. The van der Waals surface area contributed by atoms with Gasteiger partial charge < -0.3 is 10.6 Å². The van der Waals surface area contributed by atoms with Crippen LogP contribution in [0.5, 0.6) is 0 Å². The maximum absolute atomic E-state index is 3.72. The molecule has 22 heavy (non-hydrogen) atoms. The van der Waals surface area contributed by atoms with Gasteiger partial charge in [-0.05, 0) is 61.8 Å². The number of nitrogens with one attached hydrogen (secondary N) is 2. The fourth-order valence-electron chi connectivity index (χ4n) is 4.26. The predicted molar refractivity (Wildman–Crippen MR) is 96.5 cm³/mol. The Morgan fingerprint density at radius 3 is 1.45 bits per heavy atom. The van der Waals surface area contributed by atoms with Crippen molar-refractivity contribution in [1.29, 1.82) is 0 Å². The van der Waals surface area contributed by atoms with Crippen LogP contribution in [0.2, 0.25) is 0 Å². The van der Waals surface area contributed by atoms with Crippen molar-refractivity contribution < 1.29 is 0 Å². The third-order valence-corrected chi connectivity index (χ3v) is 5.50. The topological polar surface area (TPSA) is 24.1 Å². The molecule has 0 aliphatic heterocycles. The normalized spacial score (nSPS) is 32.5. The summed E-state index contributed by atoms with van der Waals surface area (Å²) in [6, 6.07) is 10.3. The second kappa shape index (κ2) is 7.39. The van der Waals surface area contributed by atoms with Gasteiger partial charge in [-0.15, -0.1) is 0 Å². The van der Waals surface area contributed by atoms with Gasteiger partial charge in [0.15, 0.2) is 0 Å². The molecule has 4 atom stereocenters. The van der Waals surface area contributed by atoms with E-state index in [-0.39, 0.29) is 0 Å². The summed E-state index contributed by atoms with van der Waals surface area (Å²) in [4.78, 5) is 0. The molecule has 122 valence electrons. The Hall–Kier alpha value is -1.18. The highest BCUT2D eigenvalue weighted by molar-refractivity contribution is 5.54. The number of benzene rings is 1. The largest absolute Gasteiger partial charge is 0.382 e. The van der Waals surface area contributed by atoms with Gasteiger partial charge in [0.2, 0.25) is 0 Å². The van der Waals surface area contributed by atoms with Crippen LogP contribution < -0.4 is 10.6 Å². The summed E-state index contributed by atoms with van der Waals surface area (Å²) in [6.45, 7) is 4.76. The predicted octanol–water partition coefficient (Wildman–Crippen LogP) is 5.67. The molecule has 0 saturated heterocycles. The van der Waals surface area contributed by atoms with Crippen molar-refractivity contribution in [2.24, 2.45) is 11.8 Å². The Bertz CT molecular complexity index is 410. The van der Waals surface area contributed by atoms with E-state index in [1.807, 2.05) is 0 Å². The SMILES string of the molecule is CC1CCCC(Nc2ccc(NC3CCCC(C)C3)cc2)C1. The summed E-state index contributed by atoms with van der Waals surface area (Å²) in [5.41, 5.74) is 2.56. The fourth-order valence-corrected chi connectivity index (χ4v) is 4.26. The molecule has 1 aromatic carbocycles. The minimum atomic E-state index is 0.668. The van der Waals surface area contributed by atoms with Crippen molar-refractivity contribution in [2.75, 3.05) is 10.6 Å². The van der Waals surface area contributed by atoms with Crippen LogP contribution in [0.4, 0.5) is 11.4 Å². The highest BCUT2D eigenvalue weighted by Gasteiger charge is 2.19. The molecule has 0 amide bonds. The molecular formula is C20H32N2. The summed E-state index contributed by atoms with van der Waals surface area (Å²) < 4.78 is 0. The van der Waals surface area contributed by atoms with Crippen LogP contribution in [-0.2, 0) is 0 Å². The minimum absolute atomic E-state index is 0.668. The molecule has 2 fully saturated rings. The van der Waals surface area contributed by atoms with E-state index in [0.29, 0.717) is 12.1 Å². The highest BCUT2D eigenvalue weighted by atomic mass is 14.9. The maximum Gasteiger partial charge on any atom is 0.0343 e. The zero-order valence-corrected chi connectivity index (χ0v) is 14.3. The third-order valence-electron chi connectivity index (χ3n) is 5.50. The summed E-state index contributed by atoms with van der Waals surface area (Å²) in [5, 5.41) is 7.44. The van der Waals surface area contributed by atoms with E-state index in [0.717, 1.165) is 11.8 Å². The second-order valence-electron chi connectivity index (χ2n) is 7.80. The molecule has 0 aromatic heterocycles. The molecule has 2 aliphatic carbocycles. The van der Waals surface area contributed by atoms with Crippen molar-refractivity contribution >= 4 is 11.4 Å². The molecule has 1 aromatic rings. The zero-order chi connectivity index (χ0) is 15.4. The van der Waals surface area contributed by atoms with E-state index >= 15 is 0 Å². The molecule has 0 spiro atoms. The van der Waals surface area contributed by atoms with Gasteiger partial charge >= 0.3 is 0 Å². The zero-order valence-electron chi connectivity index (χ0n) is 14.3. The van der Waals surface area contributed by atoms with E-state index in [1.165, 1.54) is 62.7 Å². The molecule has 0 bridgehead atoms. The quantitative estimate of drug-likeness (QED) is 0.749. The van der Waals surface area contributed by atoms with Crippen molar-refractivity contribution in [3.05, 3.63) is 24.3 Å². The lowest BCUT2D eigenvalue weighted by Crippen LogP contribution is -2.26. The first-order valence-electron chi connectivity index (χ1n) is 9.32. The Labute approximate surface area is 136 Å². The van der Waals surface area contributed by atoms with Crippen LogP contribution >= 0.6 is 0 Å². The average Bonchev–Trinajstić information content (AvgIpc) is 2.49. The van der Waals surface area contributed by atoms with E-state index in [2.05, 4.69) is 48.7 Å². The first-order valence-corrected chi connectivity index (χ1v) is 9.32. The van der Waals surface area contributed by atoms with Crippen molar-refractivity contribution in [3.63, 3.8) is 0 Å². The summed E-state index contributed by atoms with van der Waals surface area (Å²) in [5.74, 6) is 1.75. The second-order valence-corrected chi connectivity index (χ2v) is 7.80. The van der Waals surface area contributed by atoms with Crippen molar-refractivity contribution in [1.82, 2.24) is 0 Å². The van der Waals surface area contributed by atoms with Gasteiger partial charge in [0.25, 0.3) is 0 Å². The Balaban J connectivity index is 1.51. The van der Waals surface area contributed by atoms with E-state index < -0.39 is 0 Å². The Morgan fingerprint density at radius 2 is 1.09 bits per heavy atom. The molecule has 2 aliphatic rings. The number of anilines is 2. The molecule has 2 saturated carbocycles. The molecule has 2 nitrogen and oxygen atoms in total. The van der Waals surface area contributed by atoms with Gasteiger partial charge in [0.1, 0.15) is 0 Å². The number of rotatable bonds is 4. The fraction of sp³-hybridized carbons (Fsp3) is 0.700. The van der Waals surface area contributed by atoms with Crippen LogP contribution in [0.25, 0.3) is 0 Å². The monoisotopic (exact) mass is 300 g/mol. The number of hydrogen-bond acceptors (Lipinski definition) is 2. The molecular weight excluding hydrogens is 268 g/mol. The van der Waals surface area contributed by atoms with Gasteiger partial charge in [0, 0.05) is 23.5 Å². The van der Waals surface area contributed by atoms with Gasteiger partial charge in [-0.25, -0.2) is 0 Å². The average molecular weight is 300 g/mol. The summed E-state index contributed by atoms with van der Waals surface area (Å²) in [6.07, 6.45) is 10.8. The van der Waals surface area contributed by atoms with Crippen LogP contribution in [0.15, 0.2) is 24.3 Å². The molecule has 3 rings (SSSR count). The lowest BCUT2D eigenvalue weighted by molar-refractivity contribution is 0.358. The van der Waals surface area contributed by atoms with Gasteiger partial charge in [-0.3, -0.25) is 0 Å². The lowest BCUT2D eigenvalue weighted by atomic mass is 9.87. The summed E-state index contributed by atoms with van der Waals surface area (Å²) >= 11 is 0. The van der Waals surface area contributed by atoms with E-state index in [9.17, 15) is 0 Å². The maximum atomic E-state index is 3.72. The Kier molecular flexibility index (Phi) is 5.28. The van der Waals surface area contributed by atoms with Crippen LogP contribution in [-0.4, -0.2) is 12.1 Å². The smallest absolute Gasteiger partial charge is 0.0343 e. The molecule has 0 radical (unpaired) electrons. The summed E-state index contributed by atoms with van der Waals surface area (Å²) in [7, 11) is 0. The first-order chi connectivity index (χ1) is 10.7. The Morgan fingerprint density at radius 1 is 0.682 bits per heavy atom. The highest BCUT2D eigenvalue weighted by Crippen LogP contribution is 2.28. The number of hydrogen-bond donors (Lipinski definition) is 2. The van der Waals surface area contributed by atoms with Crippen LogP contribution in [0.3, 0.4) is 0 Å². The minimum Gasteiger partial charge on any atom is -0.382 e. The molecule has 2 N–H and O–H groups in total. The van der Waals surface area contributed by atoms with Crippen LogP contribution in [0, 0.1) is 11.8 Å². The standard InChI is InChI=1S/C20H32N2/c1-15-5-3-7-19(13-15)21-17-9-11-18(12-10-17)22-20-8-4-6-16(2)14-20/h9-12,15-16,19-22H,3-8,13-14H2,1-2H3. The molecule has 4 unspecified atom stereocenters. The van der Waals surface area contributed by atoms with Gasteiger partial charge in [-0.2, -0.15) is 0 Å². The molecule has 2 heteroatoms. The van der Waals surface area contributed by atoms with E-state index in [1.54, 1.807) is 0 Å². The van der Waals surface area contributed by atoms with Crippen LogP contribution in [0.1, 0.15) is 65.2 Å². The van der Waals surface area contributed by atoms with Crippen molar-refractivity contribution in [3.8, 4) is 0 Å².